The first kappa shape index (κ1) is 15.2. The maximum atomic E-state index is 11.0. The molecule has 1 heterocycles. The van der Waals surface area contributed by atoms with Crippen LogP contribution in [0.3, 0.4) is 0 Å². The third kappa shape index (κ3) is 3.47. The fourth-order valence-corrected chi connectivity index (χ4v) is 2.32. The quantitative estimate of drug-likeness (QED) is 0.886. The van der Waals surface area contributed by atoms with Crippen molar-refractivity contribution in [2.24, 2.45) is 0 Å². The van der Waals surface area contributed by atoms with Gasteiger partial charge in [-0.15, -0.1) is 0 Å². The van der Waals surface area contributed by atoms with Crippen LogP contribution in [0, 0.1) is 13.8 Å². The van der Waals surface area contributed by atoms with Crippen molar-refractivity contribution >= 4 is 5.97 Å². The van der Waals surface area contributed by atoms with Gasteiger partial charge in [0, 0.05) is 11.9 Å². The lowest BCUT2D eigenvalue weighted by Crippen LogP contribution is -2.35. The number of aryl methyl sites for hydroxylation is 1. The molecule has 0 aliphatic heterocycles. The van der Waals surface area contributed by atoms with Gasteiger partial charge in [0.1, 0.15) is 6.04 Å². The number of nitrogens with one attached hydrogen (secondary N) is 1. The molecule has 0 amide bonds. The number of rotatable bonds is 5. The van der Waals surface area contributed by atoms with Crippen molar-refractivity contribution in [2.45, 2.75) is 26.3 Å². The van der Waals surface area contributed by atoms with E-state index >= 15 is 0 Å². The standard InChI is InChI=1S/C17H20N2O2/c1-11-12(2)19-9-8-15(11)14-6-4-13(5-7-14)10-16(18-3)17(20)21/h4-9,16,18H,10H2,1-3H3,(H,20,21). The fraction of sp³-hybridized carbons (Fsp3) is 0.294. The Labute approximate surface area is 124 Å². The molecule has 0 aliphatic rings. The summed E-state index contributed by atoms with van der Waals surface area (Å²) in [6.45, 7) is 4.06. The zero-order valence-electron chi connectivity index (χ0n) is 12.6. The van der Waals surface area contributed by atoms with E-state index in [-0.39, 0.29) is 0 Å². The molecule has 1 aromatic carbocycles. The molecule has 2 rings (SSSR count). The van der Waals surface area contributed by atoms with Crippen LogP contribution in [0.15, 0.2) is 36.5 Å². The number of carboxylic acid groups (broad SMARTS) is 1. The van der Waals surface area contributed by atoms with Gasteiger partial charge >= 0.3 is 5.97 Å². The molecule has 1 unspecified atom stereocenters. The van der Waals surface area contributed by atoms with Gasteiger partial charge in [0.05, 0.1) is 0 Å². The lowest BCUT2D eigenvalue weighted by atomic mass is 9.98. The normalized spacial score (nSPS) is 12.1. The van der Waals surface area contributed by atoms with Gasteiger partial charge in [-0.2, -0.15) is 0 Å². The van der Waals surface area contributed by atoms with Gasteiger partial charge in [-0.05, 0) is 55.6 Å². The third-order valence-electron chi connectivity index (χ3n) is 3.81. The number of carboxylic acids is 1. The number of hydrogen-bond donors (Lipinski definition) is 2. The summed E-state index contributed by atoms with van der Waals surface area (Å²) in [7, 11) is 1.66. The van der Waals surface area contributed by atoms with E-state index in [9.17, 15) is 4.79 Å². The number of pyridine rings is 1. The molecule has 0 saturated carbocycles. The first-order chi connectivity index (χ1) is 10.0. The second-order valence-corrected chi connectivity index (χ2v) is 5.15. The van der Waals surface area contributed by atoms with E-state index in [1.54, 1.807) is 7.05 Å². The smallest absolute Gasteiger partial charge is 0.321 e. The van der Waals surface area contributed by atoms with Crippen molar-refractivity contribution < 1.29 is 9.90 Å². The zero-order chi connectivity index (χ0) is 15.4. The summed E-state index contributed by atoms with van der Waals surface area (Å²) in [6, 6.07) is 9.48. The Kier molecular flexibility index (Phi) is 4.70. The predicted octanol–water partition coefficient (Wildman–Crippen LogP) is 2.58. The van der Waals surface area contributed by atoms with E-state index in [0.29, 0.717) is 6.42 Å². The first-order valence-corrected chi connectivity index (χ1v) is 6.94. The number of nitrogens with zero attached hydrogens (tertiary/aromatic N) is 1. The Morgan fingerprint density at radius 2 is 1.90 bits per heavy atom. The van der Waals surface area contributed by atoms with Crippen LogP contribution in [-0.4, -0.2) is 29.1 Å². The molecular formula is C17H20N2O2. The molecular weight excluding hydrogens is 264 g/mol. The molecule has 4 nitrogen and oxygen atoms in total. The molecule has 0 spiro atoms. The fourth-order valence-electron chi connectivity index (χ4n) is 2.32. The Hall–Kier alpha value is -2.20. The molecule has 1 aromatic heterocycles. The lowest BCUT2D eigenvalue weighted by molar-refractivity contribution is -0.139. The summed E-state index contributed by atoms with van der Waals surface area (Å²) in [4.78, 5) is 15.3. The maximum Gasteiger partial charge on any atom is 0.321 e. The van der Waals surface area contributed by atoms with Crippen LogP contribution in [0.4, 0.5) is 0 Å². The summed E-state index contributed by atoms with van der Waals surface area (Å²) in [5.41, 5.74) is 5.49. The molecule has 2 N–H and O–H groups in total. The van der Waals surface area contributed by atoms with E-state index in [2.05, 4.69) is 17.2 Å². The second-order valence-electron chi connectivity index (χ2n) is 5.15. The molecule has 0 aliphatic carbocycles. The van der Waals surface area contributed by atoms with Crippen molar-refractivity contribution in [3.05, 3.63) is 53.3 Å². The van der Waals surface area contributed by atoms with Crippen molar-refractivity contribution in [2.75, 3.05) is 7.05 Å². The highest BCUT2D eigenvalue weighted by Gasteiger charge is 2.15. The first-order valence-electron chi connectivity index (χ1n) is 6.94. The molecule has 0 fully saturated rings. The molecule has 110 valence electrons. The summed E-state index contributed by atoms with van der Waals surface area (Å²) >= 11 is 0. The highest BCUT2D eigenvalue weighted by molar-refractivity contribution is 5.74. The largest absolute Gasteiger partial charge is 0.480 e. The Balaban J connectivity index is 2.23. The van der Waals surface area contributed by atoms with Gasteiger partial charge in [-0.3, -0.25) is 9.78 Å². The van der Waals surface area contributed by atoms with Gasteiger partial charge in [0.2, 0.25) is 0 Å². The molecule has 21 heavy (non-hydrogen) atoms. The third-order valence-corrected chi connectivity index (χ3v) is 3.81. The van der Waals surface area contributed by atoms with E-state index in [1.807, 2.05) is 43.5 Å². The van der Waals surface area contributed by atoms with Crippen LogP contribution in [0.5, 0.6) is 0 Å². The Bertz CT molecular complexity index is 636. The van der Waals surface area contributed by atoms with Crippen molar-refractivity contribution in [3.8, 4) is 11.1 Å². The summed E-state index contributed by atoms with van der Waals surface area (Å²) in [5, 5.41) is 11.9. The average Bonchev–Trinajstić information content (AvgIpc) is 2.48. The van der Waals surface area contributed by atoms with Gasteiger partial charge in [0.25, 0.3) is 0 Å². The Morgan fingerprint density at radius 1 is 1.24 bits per heavy atom. The average molecular weight is 284 g/mol. The number of hydrogen-bond acceptors (Lipinski definition) is 3. The Morgan fingerprint density at radius 3 is 2.48 bits per heavy atom. The van der Waals surface area contributed by atoms with Crippen LogP contribution >= 0.6 is 0 Å². The second kappa shape index (κ2) is 6.50. The molecule has 0 bridgehead atoms. The zero-order valence-corrected chi connectivity index (χ0v) is 12.6. The summed E-state index contributed by atoms with van der Waals surface area (Å²) in [5.74, 6) is -0.831. The number of benzene rings is 1. The highest BCUT2D eigenvalue weighted by Crippen LogP contribution is 2.24. The topological polar surface area (TPSA) is 62.2 Å². The summed E-state index contributed by atoms with van der Waals surface area (Å²) < 4.78 is 0. The lowest BCUT2D eigenvalue weighted by Gasteiger charge is -2.12. The van der Waals surface area contributed by atoms with Crippen LogP contribution in [0.2, 0.25) is 0 Å². The van der Waals surface area contributed by atoms with Crippen molar-refractivity contribution in [1.29, 1.82) is 0 Å². The van der Waals surface area contributed by atoms with Gasteiger partial charge in [0.15, 0.2) is 0 Å². The summed E-state index contributed by atoms with van der Waals surface area (Å²) in [6.07, 6.45) is 2.29. The van der Waals surface area contributed by atoms with Crippen LogP contribution in [-0.2, 0) is 11.2 Å². The molecule has 4 heteroatoms. The van der Waals surface area contributed by atoms with E-state index in [1.165, 1.54) is 5.56 Å². The monoisotopic (exact) mass is 284 g/mol. The molecule has 2 aromatic rings. The van der Waals surface area contributed by atoms with Gasteiger partial charge in [-0.1, -0.05) is 24.3 Å². The van der Waals surface area contributed by atoms with Crippen LogP contribution in [0.1, 0.15) is 16.8 Å². The van der Waals surface area contributed by atoms with Gasteiger partial charge < -0.3 is 10.4 Å². The molecule has 0 saturated heterocycles. The van der Waals surface area contributed by atoms with E-state index in [0.717, 1.165) is 22.4 Å². The van der Waals surface area contributed by atoms with E-state index in [4.69, 9.17) is 5.11 Å². The van der Waals surface area contributed by atoms with Gasteiger partial charge in [-0.25, -0.2) is 0 Å². The minimum atomic E-state index is -0.831. The molecule has 1 atom stereocenters. The number of carbonyl (C=O) groups is 1. The number of aromatic nitrogens is 1. The van der Waals surface area contributed by atoms with Crippen molar-refractivity contribution in [1.82, 2.24) is 10.3 Å². The van der Waals surface area contributed by atoms with Crippen LogP contribution in [0.25, 0.3) is 11.1 Å². The molecule has 0 radical (unpaired) electrons. The highest BCUT2D eigenvalue weighted by atomic mass is 16.4. The predicted molar refractivity (Wildman–Crippen MR) is 83.3 cm³/mol. The van der Waals surface area contributed by atoms with Crippen molar-refractivity contribution in [3.63, 3.8) is 0 Å². The maximum absolute atomic E-state index is 11.0. The van der Waals surface area contributed by atoms with Crippen LogP contribution < -0.4 is 5.32 Å². The SMILES string of the molecule is CNC(Cc1ccc(-c2ccnc(C)c2C)cc1)C(=O)O. The minimum absolute atomic E-state index is 0.473. The van der Waals surface area contributed by atoms with E-state index < -0.39 is 12.0 Å². The number of aliphatic carboxylic acids is 1. The minimum Gasteiger partial charge on any atom is -0.480 e. The number of likely N-dealkylation sites (N-methyl/N-ethyl adjacent to an activating group) is 1.